The first kappa shape index (κ1) is 15.7. The predicted molar refractivity (Wildman–Crippen MR) is 19.7 cm³/mol. The van der Waals surface area contributed by atoms with E-state index in [-0.39, 0.29) is 37.1 Å². The normalized spacial score (nSPS) is 6.00. The molecule has 0 spiro atoms. The molecule has 0 saturated heterocycles. The smallest absolute Gasteiger partial charge is 1.00 e. The maximum Gasteiger partial charge on any atom is 1.00 e. The summed E-state index contributed by atoms with van der Waals surface area (Å²) in [6.07, 6.45) is 0. The molecule has 0 fully saturated rings. The van der Waals surface area contributed by atoms with Crippen LogP contribution in [0.15, 0.2) is 0 Å². The van der Waals surface area contributed by atoms with E-state index in [2.05, 4.69) is 0 Å². The van der Waals surface area contributed by atoms with E-state index in [9.17, 15) is 0 Å². The quantitative estimate of drug-likeness (QED) is 0.198. The van der Waals surface area contributed by atoms with Crippen LogP contribution in [0.5, 0.6) is 0 Å². The van der Waals surface area contributed by atoms with Crippen LogP contribution in [-0.4, -0.2) is 14.7 Å². The van der Waals surface area contributed by atoms with Crippen molar-refractivity contribution in [1.82, 2.24) is 6.15 Å². The number of rotatable bonds is 0. The fraction of sp³-hybridized carbons (Fsp3) is 0. The van der Waals surface area contributed by atoms with Gasteiger partial charge in [0.1, 0.15) is 0 Å². The molecule has 0 aliphatic rings. The van der Waals surface area contributed by atoms with E-state index >= 15 is 0 Å². The molecule has 0 aliphatic carbocycles. The van der Waals surface area contributed by atoms with Crippen LogP contribution in [0.4, 0.5) is 0 Å². The zero-order valence-electron chi connectivity index (χ0n) is 4.50. The van der Waals surface area contributed by atoms with Gasteiger partial charge in [0.2, 0.25) is 0 Å². The molecular weight excluding hydrogens is 116 g/mol. The molecule has 0 aromatic rings. The van der Waals surface area contributed by atoms with Crippen LogP contribution >= 0.6 is 8.60 Å². The average molecular weight is 123 g/mol. The minimum Gasteiger partial charge on any atom is -1.00 e. The van der Waals surface area contributed by atoms with Crippen molar-refractivity contribution in [3.8, 4) is 0 Å². The maximum atomic E-state index is 7.23. The Balaban J connectivity index is -0.0000000150. The third kappa shape index (κ3) is 59.6. The molecule has 6 heavy (non-hydrogen) atoms. The van der Waals surface area contributed by atoms with Crippen LogP contribution in [0.3, 0.4) is 0 Å². The molecule has 0 heterocycles. The number of hydrogen-bond donors (Lipinski definition) is 4. The van der Waals surface area contributed by atoms with Crippen molar-refractivity contribution in [2.45, 2.75) is 0 Å². The predicted octanol–water partition coefficient (Wildman–Crippen LogP) is -3.53. The van der Waals surface area contributed by atoms with Gasteiger partial charge in [0.15, 0.2) is 0 Å². The minimum atomic E-state index is -2.62. The zero-order chi connectivity index (χ0) is 3.58. The van der Waals surface area contributed by atoms with E-state index in [1.54, 1.807) is 0 Å². The Morgan fingerprint density at radius 2 is 1.17 bits per heavy atom. The van der Waals surface area contributed by atoms with Gasteiger partial charge in [0.25, 0.3) is 0 Å². The van der Waals surface area contributed by atoms with Crippen LogP contribution < -0.4 is 35.7 Å². The molecule has 36 valence electrons. The van der Waals surface area contributed by atoms with Crippen molar-refractivity contribution < 1.29 is 45.7 Å². The molecule has 0 radical (unpaired) electrons. The van der Waals surface area contributed by atoms with Gasteiger partial charge in [-0.15, -0.1) is 0 Å². The first-order chi connectivity index (χ1) is 1.73. The SMILES string of the molecule is N.OP(O)O.[H-].[Na+]. The third-order valence-corrected chi connectivity index (χ3v) is 0. The van der Waals surface area contributed by atoms with Gasteiger partial charge in [-0.3, -0.25) is 0 Å². The molecule has 0 amide bonds. The molecule has 0 atom stereocenters. The summed E-state index contributed by atoms with van der Waals surface area (Å²) in [5, 5.41) is 0. The summed E-state index contributed by atoms with van der Waals surface area (Å²) in [5.41, 5.74) is 0. The number of hydrogen-bond acceptors (Lipinski definition) is 4. The second-order valence-electron chi connectivity index (χ2n) is 0.268. The van der Waals surface area contributed by atoms with Gasteiger partial charge in [-0.2, -0.15) is 0 Å². The summed E-state index contributed by atoms with van der Waals surface area (Å²) < 4.78 is 0. The Bertz CT molecular complexity index is 19.7. The largest absolute Gasteiger partial charge is 1.00 e. The van der Waals surface area contributed by atoms with Gasteiger partial charge in [-0.25, -0.2) is 0 Å². The summed E-state index contributed by atoms with van der Waals surface area (Å²) in [6.45, 7) is 0. The zero-order valence-corrected chi connectivity index (χ0v) is 6.39. The fourth-order valence-corrected chi connectivity index (χ4v) is 0. The fourth-order valence-electron chi connectivity index (χ4n) is 0. The van der Waals surface area contributed by atoms with Crippen molar-refractivity contribution in [3.05, 3.63) is 0 Å². The topological polar surface area (TPSA) is 95.7 Å². The Hall–Kier alpha value is 1.27. The first-order valence-electron chi connectivity index (χ1n) is 0.600. The first-order valence-corrected chi connectivity index (χ1v) is 1.80. The standard InChI is InChI=1S/H3N.Na.H3O3P.H/c;;1-4(2)3;/h1H3;;1-3H;/q;+1;;-1. The van der Waals surface area contributed by atoms with Crippen molar-refractivity contribution in [2.24, 2.45) is 0 Å². The molecule has 6 N–H and O–H groups in total. The summed E-state index contributed by atoms with van der Waals surface area (Å²) in [6, 6.07) is 0. The summed E-state index contributed by atoms with van der Waals surface area (Å²) >= 11 is 0. The van der Waals surface area contributed by atoms with Crippen LogP contribution in [0.1, 0.15) is 1.43 Å². The summed E-state index contributed by atoms with van der Waals surface area (Å²) in [5.74, 6) is 0. The molecule has 0 aromatic heterocycles. The van der Waals surface area contributed by atoms with Crippen molar-refractivity contribution >= 4 is 8.60 Å². The molecule has 0 bridgehead atoms. The van der Waals surface area contributed by atoms with Crippen molar-refractivity contribution in [1.29, 1.82) is 0 Å². The third-order valence-electron chi connectivity index (χ3n) is 0. The Morgan fingerprint density at radius 3 is 1.17 bits per heavy atom. The van der Waals surface area contributed by atoms with E-state index < -0.39 is 8.60 Å². The Morgan fingerprint density at radius 1 is 1.17 bits per heavy atom. The molecule has 0 rings (SSSR count). The minimum absolute atomic E-state index is 0. The van der Waals surface area contributed by atoms with E-state index in [4.69, 9.17) is 14.7 Å². The van der Waals surface area contributed by atoms with Crippen molar-refractivity contribution in [2.75, 3.05) is 0 Å². The Labute approximate surface area is 60.6 Å². The Kier molecular flexibility index (Phi) is 25.0. The van der Waals surface area contributed by atoms with Gasteiger partial charge in [-0.1, -0.05) is 0 Å². The van der Waals surface area contributed by atoms with E-state index in [1.807, 2.05) is 0 Å². The van der Waals surface area contributed by atoms with Gasteiger partial charge in [0, 0.05) is 0 Å². The average Bonchev–Trinajstić information content (AvgIpc) is 0.811. The van der Waals surface area contributed by atoms with Gasteiger partial charge in [-0.05, 0) is 0 Å². The molecule has 0 aromatic carbocycles. The summed E-state index contributed by atoms with van der Waals surface area (Å²) in [7, 11) is -2.62. The molecule has 6 heteroatoms. The van der Waals surface area contributed by atoms with Crippen LogP contribution in [0.25, 0.3) is 0 Å². The molecule has 0 aliphatic heterocycles. The van der Waals surface area contributed by atoms with E-state index in [0.29, 0.717) is 0 Å². The van der Waals surface area contributed by atoms with Crippen LogP contribution in [0, 0.1) is 0 Å². The van der Waals surface area contributed by atoms with E-state index in [1.165, 1.54) is 0 Å². The van der Waals surface area contributed by atoms with Crippen LogP contribution in [0.2, 0.25) is 0 Å². The van der Waals surface area contributed by atoms with Gasteiger partial charge >= 0.3 is 38.2 Å². The van der Waals surface area contributed by atoms with E-state index in [0.717, 1.165) is 0 Å². The monoisotopic (exact) mass is 123 g/mol. The second-order valence-corrected chi connectivity index (χ2v) is 0.805. The molecule has 4 nitrogen and oxygen atoms in total. The van der Waals surface area contributed by atoms with Gasteiger partial charge in [0.05, 0.1) is 0 Å². The molecule has 0 unspecified atom stereocenters. The van der Waals surface area contributed by atoms with Crippen molar-refractivity contribution in [3.63, 3.8) is 0 Å². The molecular formula is H7NNaO3P. The second kappa shape index (κ2) is 9.55. The summed E-state index contributed by atoms with van der Waals surface area (Å²) in [4.78, 5) is 21.7. The maximum absolute atomic E-state index is 7.23. The van der Waals surface area contributed by atoms with Crippen LogP contribution in [-0.2, 0) is 0 Å². The van der Waals surface area contributed by atoms with Gasteiger partial charge < -0.3 is 22.3 Å². The molecule has 0 saturated carbocycles.